The highest BCUT2D eigenvalue weighted by molar-refractivity contribution is 9.11. The summed E-state index contributed by atoms with van der Waals surface area (Å²) in [4.78, 5) is 10.6. The van der Waals surface area contributed by atoms with Crippen LogP contribution in [0.2, 0.25) is 0 Å². The number of aliphatic carboxylic acids is 1. The zero-order chi connectivity index (χ0) is 10.0. The van der Waals surface area contributed by atoms with Crippen molar-refractivity contribution in [3.05, 3.63) is 32.7 Å². The highest BCUT2D eigenvalue weighted by Crippen LogP contribution is 2.25. The number of carboxylic acid groups (broad SMARTS) is 1. The Balaban J connectivity index is 3.08. The number of hydrogen-bond donors (Lipinski definition) is 2. The van der Waals surface area contributed by atoms with Crippen LogP contribution in [-0.2, 0) is 4.79 Å². The summed E-state index contributed by atoms with van der Waals surface area (Å²) in [5.74, 6) is -1.04. The predicted molar refractivity (Wildman–Crippen MR) is 56.4 cm³/mol. The molecule has 0 fully saturated rings. The minimum Gasteiger partial charge on any atom is -0.480 e. The normalized spacial score (nSPS) is 12.5. The molecule has 0 spiro atoms. The molecule has 1 aromatic rings. The fourth-order valence-electron chi connectivity index (χ4n) is 0.887. The van der Waals surface area contributed by atoms with E-state index < -0.39 is 12.0 Å². The van der Waals surface area contributed by atoms with Crippen molar-refractivity contribution in [3.8, 4) is 0 Å². The number of halogens is 2. The molecular formula is C8H7Br2NO2. The summed E-state index contributed by atoms with van der Waals surface area (Å²) in [6.07, 6.45) is 0. The van der Waals surface area contributed by atoms with E-state index in [1.165, 1.54) is 0 Å². The van der Waals surface area contributed by atoms with Crippen molar-refractivity contribution in [2.45, 2.75) is 6.04 Å². The van der Waals surface area contributed by atoms with Crippen LogP contribution >= 0.6 is 31.9 Å². The minimum atomic E-state index is -1.04. The molecule has 1 unspecified atom stereocenters. The van der Waals surface area contributed by atoms with E-state index in [1.54, 1.807) is 18.2 Å². The van der Waals surface area contributed by atoms with Crippen LogP contribution in [0.4, 0.5) is 0 Å². The summed E-state index contributed by atoms with van der Waals surface area (Å²) in [6, 6.07) is 4.20. The maximum atomic E-state index is 10.6. The zero-order valence-corrected chi connectivity index (χ0v) is 9.67. The van der Waals surface area contributed by atoms with Crippen molar-refractivity contribution >= 4 is 37.8 Å². The third-order valence-corrected chi connectivity index (χ3v) is 2.74. The molecule has 0 bridgehead atoms. The second-order valence-corrected chi connectivity index (χ2v) is 4.25. The first-order chi connectivity index (χ1) is 6.02. The van der Waals surface area contributed by atoms with Gasteiger partial charge in [0, 0.05) is 8.95 Å². The van der Waals surface area contributed by atoms with Crippen molar-refractivity contribution in [2.75, 3.05) is 0 Å². The van der Waals surface area contributed by atoms with Gasteiger partial charge in [0.2, 0.25) is 0 Å². The Kier molecular flexibility index (Phi) is 3.47. The molecule has 0 radical (unpaired) electrons. The second kappa shape index (κ2) is 4.21. The van der Waals surface area contributed by atoms with Crippen LogP contribution in [0.5, 0.6) is 0 Å². The molecule has 1 atom stereocenters. The largest absolute Gasteiger partial charge is 0.480 e. The number of carbonyl (C=O) groups is 1. The van der Waals surface area contributed by atoms with Gasteiger partial charge in [0.15, 0.2) is 0 Å². The Hall–Kier alpha value is -0.390. The van der Waals surface area contributed by atoms with Crippen LogP contribution < -0.4 is 5.73 Å². The molecule has 0 heterocycles. The first-order valence-electron chi connectivity index (χ1n) is 3.45. The molecule has 0 aliphatic rings. The summed E-state index contributed by atoms with van der Waals surface area (Å²) in [5.41, 5.74) is 6.01. The summed E-state index contributed by atoms with van der Waals surface area (Å²) < 4.78 is 1.57. The van der Waals surface area contributed by atoms with Crippen LogP contribution in [0.25, 0.3) is 0 Å². The summed E-state index contributed by atoms with van der Waals surface area (Å²) in [5, 5.41) is 8.67. The van der Waals surface area contributed by atoms with Gasteiger partial charge in [-0.1, -0.05) is 37.9 Å². The summed E-state index contributed by atoms with van der Waals surface area (Å²) in [6.45, 7) is 0. The molecule has 3 N–H and O–H groups in total. The van der Waals surface area contributed by atoms with Gasteiger partial charge in [-0.25, -0.2) is 0 Å². The Labute approximate surface area is 92.2 Å². The average Bonchev–Trinajstić information content (AvgIpc) is 2.03. The Morgan fingerprint density at radius 2 is 2.08 bits per heavy atom. The second-order valence-electron chi connectivity index (χ2n) is 2.48. The number of nitrogens with two attached hydrogens (primary N) is 1. The number of hydrogen-bond acceptors (Lipinski definition) is 2. The molecule has 3 nitrogen and oxygen atoms in total. The van der Waals surface area contributed by atoms with E-state index in [0.29, 0.717) is 10.0 Å². The predicted octanol–water partition coefficient (Wildman–Crippen LogP) is 2.30. The molecule has 0 saturated carbocycles. The molecule has 0 aliphatic carbocycles. The van der Waals surface area contributed by atoms with E-state index in [2.05, 4.69) is 31.9 Å². The van der Waals surface area contributed by atoms with Crippen molar-refractivity contribution < 1.29 is 9.90 Å². The first kappa shape index (κ1) is 10.7. The number of carboxylic acids is 1. The molecule has 5 heteroatoms. The number of rotatable bonds is 2. The highest BCUT2D eigenvalue weighted by Gasteiger charge is 2.16. The summed E-state index contributed by atoms with van der Waals surface area (Å²) >= 11 is 6.51. The molecular weight excluding hydrogens is 302 g/mol. The lowest BCUT2D eigenvalue weighted by atomic mass is 10.1. The molecule has 0 amide bonds. The van der Waals surface area contributed by atoms with Crippen LogP contribution in [0.15, 0.2) is 27.1 Å². The van der Waals surface area contributed by atoms with E-state index in [9.17, 15) is 4.79 Å². The maximum Gasteiger partial charge on any atom is 0.325 e. The highest BCUT2D eigenvalue weighted by atomic mass is 79.9. The number of benzene rings is 1. The smallest absolute Gasteiger partial charge is 0.325 e. The SMILES string of the molecule is NC(C(=O)O)c1ccc(Br)cc1Br. The Bertz CT molecular complexity index is 341. The lowest BCUT2D eigenvalue weighted by Crippen LogP contribution is -2.20. The quantitative estimate of drug-likeness (QED) is 0.881. The van der Waals surface area contributed by atoms with Crippen LogP contribution in [-0.4, -0.2) is 11.1 Å². The van der Waals surface area contributed by atoms with Gasteiger partial charge >= 0.3 is 5.97 Å². The topological polar surface area (TPSA) is 63.3 Å². The van der Waals surface area contributed by atoms with E-state index in [-0.39, 0.29) is 0 Å². The first-order valence-corrected chi connectivity index (χ1v) is 5.04. The van der Waals surface area contributed by atoms with Crippen LogP contribution in [0.1, 0.15) is 11.6 Å². The van der Waals surface area contributed by atoms with E-state index in [4.69, 9.17) is 10.8 Å². The molecule has 1 aromatic carbocycles. The molecule has 0 aliphatic heterocycles. The third-order valence-electron chi connectivity index (χ3n) is 1.56. The fraction of sp³-hybridized carbons (Fsp3) is 0.125. The van der Waals surface area contributed by atoms with Crippen molar-refractivity contribution in [3.63, 3.8) is 0 Å². The van der Waals surface area contributed by atoms with Crippen molar-refractivity contribution in [1.82, 2.24) is 0 Å². The molecule has 0 aromatic heterocycles. The van der Waals surface area contributed by atoms with Gasteiger partial charge in [-0.05, 0) is 17.7 Å². The van der Waals surface area contributed by atoms with Gasteiger partial charge < -0.3 is 10.8 Å². The maximum absolute atomic E-state index is 10.6. The van der Waals surface area contributed by atoms with E-state index in [1.807, 2.05) is 0 Å². The van der Waals surface area contributed by atoms with Gasteiger partial charge in [-0.15, -0.1) is 0 Å². The third kappa shape index (κ3) is 2.52. The van der Waals surface area contributed by atoms with E-state index in [0.717, 1.165) is 4.47 Å². The van der Waals surface area contributed by atoms with Gasteiger partial charge in [0.05, 0.1) is 0 Å². The van der Waals surface area contributed by atoms with Crippen molar-refractivity contribution in [2.24, 2.45) is 5.73 Å². The zero-order valence-electron chi connectivity index (χ0n) is 6.50. The van der Waals surface area contributed by atoms with Gasteiger partial charge in [-0.2, -0.15) is 0 Å². The lowest BCUT2D eigenvalue weighted by Gasteiger charge is -2.08. The van der Waals surface area contributed by atoms with Gasteiger partial charge in [-0.3, -0.25) is 4.79 Å². The van der Waals surface area contributed by atoms with Crippen LogP contribution in [0.3, 0.4) is 0 Å². The van der Waals surface area contributed by atoms with Gasteiger partial charge in [0.1, 0.15) is 6.04 Å². The van der Waals surface area contributed by atoms with Gasteiger partial charge in [0.25, 0.3) is 0 Å². The average molecular weight is 309 g/mol. The lowest BCUT2D eigenvalue weighted by molar-refractivity contribution is -0.138. The van der Waals surface area contributed by atoms with Crippen molar-refractivity contribution in [1.29, 1.82) is 0 Å². The fourth-order valence-corrected chi connectivity index (χ4v) is 2.18. The van der Waals surface area contributed by atoms with E-state index >= 15 is 0 Å². The monoisotopic (exact) mass is 307 g/mol. The minimum absolute atomic E-state index is 0.565. The molecule has 13 heavy (non-hydrogen) atoms. The standard InChI is InChI=1S/C8H7Br2NO2/c9-4-1-2-5(6(10)3-4)7(11)8(12)13/h1-3,7H,11H2,(H,12,13). The molecule has 0 saturated heterocycles. The van der Waals surface area contributed by atoms with Crippen LogP contribution in [0, 0.1) is 0 Å². The Morgan fingerprint density at radius 1 is 1.46 bits per heavy atom. The summed E-state index contributed by atoms with van der Waals surface area (Å²) in [7, 11) is 0. The molecule has 1 rings (SSSR count). The Morgan fingerprint density at radius 3 is 2.54 bits per heavy atom. The molecule has 70 valence electrons.